The fourth-order valence-electron chi connectivity index (χ4n) is 2.57. The zero-order valence-electron chi connectivity index (χ0n) is 14.5. The van der Waals surface area contributed by atoms with Crippen molar-refractivity contribution in [2.75, 3.05) is 4.90 Å². The van der Waals surface area contributed by atoms with E-state index in [0.29, 0.717) is 0 Å². The molecule has 0 heterocycles. The molecule has 3 aromatic carbocycles. The van der Waals surface area contributed by atoms with Crippen molar-refractivity contribution in [3.05, 3.63) is 100 Å². The summed E-state index contributed by atoms with van der Waals surface area (Å²) in [6, 6.07) is 18.3. The van der Waals surface area contributed by atoms with E-state index in [1.54, 1.807) is 24.3 Å². The molecule has 0 atom stereocenters. The number of hydrogen-bond donors (Lipinski definition) is 0. The third-order valence-corrected chi connectivity index (χ3v) is 4.27. The van der Waals surface area contributed by atoms with E-state index >= 15 is 0 Å². The maximum Gasteiger partial charge on any atom is 0.249 e. The first-order valence-corrected chi connectivity index (χ1v) is 8.33. The van der Waals surface area contributed by atoms with Gasteiger partial charge in [-0.2, -0.15) is 0 Å². The number of rotatable bonds is 4. The van der Waals surface area contributed by atoms with Gasteiger partial charge < -0.3 is 4.90 Å². The molecule has 3 rings (SSSR count). The number of hydrogen-bond acceptors (Lipinski definition) is 1. The van der Waals surface area contributed by atoms with Crippen LogP contribution in [-0.2, 0) is 28.3 Å². The van der Waals surface area contributed by atoms with Gasteiger partial charge in [0.1, 0.15) is 0 Å². The SMILES string of the molecule is Cc1ccc(CN(C(=O)c2ccccc2Cl)c2ccc(F)[c-]c2F)cc1.[Ti]. The molecule has 0 radical (unpaired) electrons. The molecular weight excluding hydrogens is 404 g/mol. The summed E-state index contributed by atoms with van der Waals surface area (Å²) >= 11 is 6.13. The number of amides is 1. The second kappa shape index (κ2) is 9.27. The van der Waals surface area contributed by atoms with Crippen LogP contribution < -0.4 is 4.90 Å². The molecule has 0 bridgehead atoms. The van der Waals surface area contributed by atoms with Crippen molar-refractivity contribution in [2.24, 2.45) is 0 Å². The minimum atomic E-state index is -0.933. The van der Waals surface area contributed by atoms with Crippen molar-refractivity contribution in [2.45, 2.75) is 13.5 Å². The van der Waals surface area contributed by atoms with Crippen LogP contribution in [0, 0.1) is 24.6 Å². The van der Waals surface area contributed by atoms with Crippen molar-refractivity contribution in [1.82, 2.24) is 0 Å². The van der Waals surface area contributed by atoms with E-state index < -0.39 is 17.5 Å². The van der Waals surface area contributed by atoms with Gasteiger partial charge in [0.25, 0.3) is 0 Å². The Hall–Kier alpha value is -2.01. The smallest absolute Gasteiger partial charge is 0.249 e. The number of benzene rings is 3. The number of anilines is 1. The first kappa shape index (κ1) is 21.3. The first-order valence-electron chi connectivity index (χ1n) is 7.95. The summed E-state index contributed by atoms with van der Waals surface area (Å²) in [5.74, 6) is -2.24. The summed E-state index contributed by atoms with van der Waals surface area (Å²) in [4.78, 5) is 14.3. The molecule has 0 saturated heterocycles. The average molecular weight is 419 g/mol. The quantitative estimate of drug-likeness (QED) is 0.400. The molecular formula is C21H15ClF2NOTi-. The van der Waals surface area contributed by atoms with Gasteiger partial charge in [-0.25, -0.2) is 8.78 Å². The van der Waals surface area contributed by atoms with Crippen molar-refractivity contribution in [3.8, 4) is 0 Å². The van der Waals surface area contributed by atoms with Gasteiger partial charge in [0.2, 0.25) is 5.91 Å². The Labute approximate surface area is 176 Å². The molecule has 0 aromatic heterocycles. The standard InChI is InChI=1S/C21H15ClF2NO.Ti/c1-14-6-8-15(9-7-14)13-25(20-11-10-16(23)12-19(20)24)21(26)17-4-2-3-5-18(17)22;/h2-11H,13H2,1H3;/q-1;. The third-order valence-electron chi connectivity index (χ3n) is 3.94. The molecule has 3 aromatic rings. The van der Waals surface area contributed by atoms with Gasteiger partial charge in [-0.15, -0.1) is 18.2 Å². The molecule has 0 N–H and O–H groups in total. The van der Waals surface area contributed by atoms with Gasteiger partial charge >= 0.3 is 0 Å². The molecule has 1 amide bonds. The van der Waals surface area contributed by atoms with Gasteiger partial charge in [-0.1, -0.05) is 53.6 Å². The molecule has 0 fully saturated rings. The molecule has 136 valence electrons. The molecule has 0 aliphatic rings. The van der Waals surface area contributed by atoms with Gasteiger partial charge in [0.05, 0.1) is 10.6 Å². The van der Waals surface area contributed by atoms with Crippen LogP contribution in [0.3, 0.4) is 0 Å². The molecule has 0 spiro atoms. The number of nitrogens with zero attached hydrogens (tertiary/aromatic N) is 1. The third kappa shape index (κ3) is 5.04. The van der Waals surface area contributed by atoms with Crippen LogP contribution in [0.5, 0.6) is 0 Å². The molecule has 2 nitrogen and oxygen atoms in total. The normalized spacial score (nSPS) is 10.2. The Morgan fingerprint density at radius 2 is 1.70 bits per heavy atom. The Bertz CT molecular complexity index is 947. The summed E-state index contributed by atoms with van der Waals surface area (Å²) < 4.78 is 27.6. The van der Waals surface area contributed by atoms with Crippen molar-refractivity contribution in [1.29, 1.82) is 0 Å². The summed E-state index contributed by atoms with van der Waals surface area (Å²) in [5.41, 5.74) is 2.06. The van der Waals surface area contributed by atoms with Gasteiger partial charge in [-0.3, -0.25) is 4.79 Å². The molecule has 0 aliphatic carbocycles. The summed E-state index contributed by atoms with van der Waals surface area (Å²) in [5, 5.41) is 0.262. The molecule has 0 saturated carbocycles. The Kier molecular flexibility index (Phi) is 7.31. The number of carbonyl (C=O) groups excluding carboxylic acids is 1. The Balaban J connectivity index is 0.00000261. The minimum absolute atomic E-state index is 0. The van der Waals surface area contributed by atoms with Crippen molar-refractivity contribution in [3.63, 3.8) is 0 Å². The van der Waals surface area contributed by atoms with E-state index in [1.165, 1.54) is 11.0 Å². The maximum atomic E-state index is 14.3. The van der Waals surface area contributed by atoms with E-state index in [0.717, 1.165) is 17.2 Å². The largest absolute Gasteiger partial charge is 0.355 e. The topological polar surface area (TPSA) is 20.3 Å². The predicted octanol–water partition coefficient (Wildman–Crippen LogP) is 5.57. The number of aryl methyl sites for hydroxylation is 1. The van der Waals surface area contributed by atoms with Gasteiger partial charge in [-0.05, 0) is 30.3 Å². The fourth-order valence-corrected chi connectivity index (χ4v) is 2.78. The van der Waals surface area contributed by atoms with Crippen molar-refractivity contribution >= 4 is 23.2 Å². The van der Waals surface area contributed by atoms with Crippen LogP contribution in [0.4, 0.5) is 14.5 Å². The van der Waals surface area contributed by atoms with Crippen molar-refractivity contribution < 1.29 is 35.3 Å². The Morgan fingerprint density at radius 3 is 2.33 bits per heavy atom. The van der Waals surface area contributed by atoms with Crippen LogP contribution in [0.1, 0.15) is 21.5 Å². The van der Waals surface area contributed by atoms with Crippen LogP contribution in [0.2, 0.25) is 5.02 Å². The maximum absolute atomic E-state index is 14.3. The summed E-state index contributed by atoms with van der Waals surface area (Å²) in [6.07, 6.45) is 0. The molecule has 0 unspecified atom stereocenters. The van der Waals surface area contributed by atoms with E-state index in [1.807, 2.05) is 37.3 Å². The zero-order chi connectivity index (χ0) is 18.7. The van der Waals surface area contributed by atoms with Crippen LogP contribution in [0.25, 0.3) is 0 Å². The van der Waals surface area contributed by atoms with E-state index in [4.69, 9.17) is 11.6 Å². The fraction of sp³-hybridized carbons (Fsp3) is 0.0952. The average Bonchev–Trinajstić information content (AvgIpc) is 2.62. The second-order valence-corrected chi connectivity index (χ2v) is 6.27. The first-order chi connectivity index (χ1) is 12.5. The zero-order valence-corrected chi connectivity index (χ0v) is 16.8. The predicted molar refractivity (Wildman–Crippen MR) is 98.3 cm³/mol. The summed E-state index contributed by atoms with van der Waals surface area (Å²) in [7, 11) is 0. The second-order valence-electron chi connectivity index (χ2n) is 5.86. The van der Waals surface area contributed by atoms with Crippen LogP contribution >= 0.6 is 11.6 Å². The van der Waals surface area contributed by atoms with Gasteiger partial charge in [0, 0.05) is 39.9 Å². The molecule has 0 aliphatic heterocycles. The molecule has 6 heteroatoms. The minimum Gasteiger partial charge on any atom is -0.355 e. The Morgan fingerprint density at radius 1 is 1.04 bits per heavy atom. The van der Waals surface area contributed by atoms with E-state index in [-0.39, 0.29) is 44.5 Å². The van der Waals surface area contributed by atoms with E-state index in [9.17, 15) is 13.6 Å². The number of carbonyl (C=O) groups is 1. The van der Waals surface area contributed by atoms with E-state index in [2.05, 4.69) is 0 Å². The summed E-state index contributed by atoms with van der Waals surface area (Å²) in [6.45, 7) is 2.06. The van der Waals surface area contributed by atoms with Crippen LogP contribution in [0.15, 0.2) is 60.7 Å². The van der Waals surface area contributed by atoms with Gasteiger partial charge in [0.15, 0.2) is 0 Å². The monoisotopic (exact) mass is 418 g/mol. The number of halogens is 3. The van der Waals surface area contributed by atoms with Crippen LogP contribution in [-0.4, -0.2) is 5.91 Å². The molecule has 27 heavy (non-hydrogen) atoms.